The van der Waals surface area contributed by atoms with Gasteiger partial charge in [-0.05, 0) is 30.9 Å². The molecule has 0 amide bonds. The summed E-state index contributed by atoms with van der Waals surface area (Å²) < 4.78 is 0. The first kappa shape index (κ1) is 8.77. The van der Waals surface area contributed by atoms with Crippen LogP contribution >= 0.6 is 0 Å². The number of carboxylic acids is 1. The van der Waals surface area contributed by atoms with E-state index in [1.54, 1.807) is 0 Å². The lowest BCUT2D eigenvalue weighted by molar-refractivity contribution is -0.139. The Balaban J connectivity index is 1.96. The number of benzene rings is 1. The summed E-state index contributed by atoms with van der Waals surface area (Å²) in [6, 6.07) is 10.0. The molecule has 1 aromatic rings. The highest BCUT2D eigenvalue weighted by Gasteiger charge is 2.53. The zero-order chi connectivity index (χ0) is 10.4. The molecule has 78 valence electrons. The molecule has 3 nitrogen and oxygen atoms in total. The molecule has 1 saturated carbocycles. The average molecular weight is 203 g/mol. The van der Waals surface area contributed by atoms with E-state index in [-0.39, 0.29) is 6.04 Å². The lowest BCUT2D eigenvalue weighted by Crippen LogP contribution is -2.36. The molecule has 0 aromatic heterocycles. The molecule has 0 spiro atoms. The fourth-order valence-electron chi connectivity index (χ4n) is 2.86. The van der Waals surface area contributed by atoms with Gasteiger partial charge in [0.15, 0.2) is 0 Å². The molecule has 15 heavy (non-hydrogen) atoms. The molecule has 1 aliphatic carbocycles. The summed E-state index contributed by atoms with van der Waals surface area (Å²) in [6.07, 6.45) is 2.09. The maximum Gasteiger partial charge on any atom is 0.326 e. The van der Waals surface area contributed by atoms with E-state index in [2.05, 4.69) is 4.90 Å². The van der Waals surface area contributed by atoms with Crippen LogP contribution in [0, 0.1) is 5.92 Å². The van der Waals surface area contributed by atoms with Crippen molar-refractivity contribution in [3.05, 3.63) is 30.3 Å². The number of anilines is 1. The largest absolute Gasteiger partial charge is 0.480 e. The predicted octanol–water partition coefficient (Wildman–Crippen LogP) is 1.74. The SMILES string of the molecule is O=C(O)C1C2CC(C2)N1c1ccccc1. The van der Waals surface area contributed by atoms with Crippen molar-refractivity contribution in [1.82, 2.24) is 0 Å². The van der Waals surface area contributed by atoms with Crippen molar-refractivity contribution in [3.8, 4) is 0 Å². The lowest BCUT2D eigenvalue weighted by atomic mass is 9.83. The van der Waals surface area contributed by atoms with Gasteiger partial charge in [0.1, 0.15) is 6.04 Å². The first-order chi connectivity index (χ1) is 7.27. The number of fused-ring (bicyclic) bond motifs is 1. The topological polar surface area (TPSA) is 40.5 Å². The quantitative estimate of drug-likeness (QED) is 0.795. The van der Waals surface area contributed by atoms with Crippen molar-refractivity contribution in [2.24, 2.45) is 5.92 Å². The highest BCUT2D eigenvalue weighted by atomic mass is 16.4. The summed E-state index contributed by atoms with van der Waals surface area (Å²) >= 11 is 0. The number of rotatable bonds is 2. The van der Waals surface area contributed by atoms with Crippen LogP contribution < -0.4 is 4.90 Å². The second kappa shape index (κ2) is 2.99. The van der Waals surface area contributed by atoms with Gasteiger partial charge in [0.2, 0.25) is 0 Å². The minimum absolute atomic E-state index is 0.294. The van der Waals surface area contributed by atoms with Crippen LogP contribution in [0.15, 0.2) is 30.3 Å². The maximum absolute atomic E-state index is 11.2. The van der Waals surface area contributed by atoms with Crippen molar-refractivity contribution >= 4 is 11.7 Å². The van der Waals surface area contributed by atoms with Crippen LogP contribution in [0.2, 0.25) is 0 Å². The molecule has 2 bridgehead atoms. The summed E-state index contributed by atoms with van der Waals surface area (Å²) in [6.45, 7) is 0. The second-order valence-electron chi connectivity index (χ2n) is 4.41. The van der Waals surface area contributed by atoms with E-state index in [0.717, 1.165) is 18.5 Å². The number of hydrogen-bond donors (Lipinski definition) is 1. The molecule has 0 radical (unpaired) electrons. The Morgan fingerprint density at radius 3 is 2.53 bits per heavy atom. The van der Waals surface area contributed by atoms with E-state index in [4.69, 9.17) is 0 Å². The third-order valence-corrected chi connectivity index (χ3v) is 3.60. The number of carbonyl (C=O) groups is 1. The van der Waals surface area contributed by atoms with Gasteiger partial charge in [0.25, 0.3) is 0 Å². The molecule has 1 aromatic carbocycles. The van der Waals surface area contributed by atoms with Crippen molar-refractivity contribution in [3.63, 3.8) is 0 Å². The summed E-state index contributed by atoms with van der Waals surface area (Å²) in [4.78, 5) is 13.3. The maximum atomic E-state index is 11.2. The smallest absolute Gasteiger partial charge is 0.326 e. The molecule has 2 saturated heterocycles. The minimum Gasteiger partial charge on any atom is -0.480 e. The standard InChI is InChI=1S/C12H13NO2/c14-12(15)11-8-6-10(7-8)13(11)9-4-2-1-3-5-9/h1-5,8,10-11H,6-7H2,(H,14,15). The van der Waals surface area contributed by atoms with E-state index < -0.39 is 5.97 Å². The van der Waals surface area contributed by atoms with Crippen molar-refractivity contribution in [2.45, 2.75) is 24.9 Å². The van der Waals surface area contributed by atoms with Crippen molar-refractivity contribution in [1.29, 1.82) is 0 Å². The molecular weight excluding hydrogens is 190 g/mol. The van der Waals surface area contributed by atoms with Gasteiger partial charge in [-0.1, -0.05) is 18.2 Å². The van der Waals surface area contributed by atoms with Gasteiger partial charge in [-0.15, -0.1) is 0 Å². The molecule has 2 aliphatic heterocycles. The molecule has 3 aliphatic rings. The fraction of sp³-hybridized carbons (Fsp3) is 0.417. The van der Waals surface area contributed by atoms with Crippen LogP contribution in [0.1, 0.15) is 12.8 Å². The highest BCUT2D eigenvalue weighted by molar-refractivity contribution is 5.81. The Kier molecular flexibility index (Phi) is 1.75. The summed E-state index contributed by atoms with van der Waals surface area (Å²) in [5.41, 5.74) is 1.05. The first-order valence-electron chi connectivity index (χ1n) is 5.33. The monoisotopic (exact) mass is 203 g/mol. The van der Waals surface area contributed by atoms with Crippen molar-refractivity contribution in [2.75, 3.05) is 4.90 Å². The van der Waals surface area contributed by atoms with E-state index in [9.17, 15) is 9.90 Å². The van der Waals surface area contributed by atoms with Crippen LogP contribution in [0.4, 0.5) is 5.69 Å². The van der Waals surface area contributed by atoms with Crippen LogP contribution in [-0.2, 0) is 4.79 Å². The van der Waals surface area contributed by atoms with E-state index in [0.29, 0.717) is 12.0 Å². The zero-order valence-electron chi connectivity index (χ0n) is 8.34. The van der Waals surface area contributed by atoms with Crippen LogP contribution in [0.25, 0.3) is 0 Å². The zero-order valence-corrected chi connectivity index (χ0v) is 8.34. The molecule has 1 atom stereocenters. The van der Waals surface area contributed by atoms with E-state index in [1.807, 2.05) is 30.3 Å². The average Bonchev–Trinajstić information content (AvgIpc) is 2.72. The van der Waals surface area contributed by atoms with Crippen LogP contribution in [-0.4, -0.2) is 23.2 Å². The Hall–Kier alpha value is -1.51. The summed E-state index contributed by atoms with van der Waals surface area (Å²) in [5, 5.41) is 9.20. The third kappa shape index (κ3) is 1.16. The van der Waals surface area contributed by atoms with Gasteiger partial charge in [0.05, 0.1) is 0 Å². The van der Waals surface area contributed by atoms with E-state index >= 15 is 0 Å². The number of para-hydroxylation sites is 1. The lowest BCUT2D eigenvalue weighted by Gasteiger charge is -2.27. The molecule has 4 rings (SSSR count). The molecular formula is C12H13NO2. The molecule has 3 fully saturated rings. The van der Waals surface area contributed by atoms with Gasteiger partial charge in [-0.2, -0.15) is 0 Å². The normalized spacial score (nSPS) is 32.5. The number of aliphatic carboxylic acids is 1. The highest BCUT2D eigenvalue weighted by Crippen LogP contribution is 2.47. The van der Waals surface area contributed by atoms with Crippen molar-refractivity contribution < 1.29 is 9.90 Å². The first-order valence-corrected chi connectivity index (χ1v) is 5.33. The molecule has 2 heterocycles. The summed E-state index contributed by atoms with van der Waals surface area (Å²) in [7, 11) is 0. The van der Waals surface area contributed by atoms with E-state index in [1.165, 1.54) is 0 Å². The van der Waals surface area contributed by atoms with Gasteiger partial charge in [-0.3, -0.25) is 0 Å². The third-order valence-electron chi connectivity index (χ3n) is 3.60. The molecule has 3 heteroatoms. The van der Waals surface area contributed by atoms with Gasteiger partial charge in [0, 0.05) is 11.7 Å². The van der Waals surface area contributed by atoms with Gasteiger partial charge < -0.3 is 10.0 Å². The second-order valence-corrected chi connectivity index (χ2v) is 4.41. The molecule has 1 unspecified atom stereocenters. The predicted molar refractivity (Wildman–Crippen MR) is 56.9 cm³/mol. The van der Waals surface area contributed by atoms with Crippen LogP contribution in [0.5, 0.6) is 0 Å². The summed E-state index contributed by atoms with van der Waals surface area (Å²) in [5.74, 6) is -0.309. The minimum atomic E-state index is -0.677. The van der Waals surface area contributed by atoms with Gasteiger partial charge >= 0.3 is 5.97 Å². The Morgan fingerprint density at radius 2 is 1.93 bits per heavy atom. The Morgan fingerprint density at radius 1 is 1.27 bits per heavy atom. The van der Waals surface area contributed by atoms with Crippen LogP contribution in [0.3, 0.4) is 0 Å². The Labute approximate surface area is 88.3 Å². The molecule has 1 N–H and O–H groups in total. The Bertz CT molecular complexity index is 384. The number of carboxylic acid groups (broad SMARTS) is 1. The van der Waals surface area contributed by atoms with Gasteiger partial charge in [-0.25, -0.2) is 4.79 Å². The number of hydrogen-bond acceptors (Lipinski definition) is 2. The number of nitrogens with zero attached hydrogens (tertiary/aromatic N) is 1. The fourth-order valence-corrected chi connectivity index (χ4v) is 2.86.